The van der Waals surface area contributed by atoms with Gasteiger partial charge in [0.25, 0.3) is 10.0 Å². The summed E-state index contributed by atoms with van der Waals surface area (Å²) in [6.07, 6.45) is 3.26. The second kappa shape index (κ2) is 6.17. The highest BCUT2D eigenvalue weighted by Crippen LogP contribution is 2.20. The summed E-state index contributed by atoms with van der Waals surface area (Å²) in [6, 6.07) is 3.02. The highest BCUT2D eigenvalue weighted by Gasteiger charge is 2.31. The van der Waals surface area contributed by atoms with E-state index in [4.69, 9.17) is 5.11 Å². The summed E-state index contributed by atoms with van der Waals surface area (Å²) in [6.45, 7) is 1.61. The maximum Gasteiger partial charge on any atom is 0.260 e. The molecule has 1 unspecified atom stereocenters. The molecule has 0 saturated carbocycles. The molecule has 1 atom stereocenters. The molecule has 1 aliphatic rings. The van der Waals surface area contributed by atoms with Gasteiger partial charge in [-0.05, 0) is 38.1 Å². The number of likely N-dealkylation sites (N-methyl/N-ethyl adjacent to an activating group) is 2. The molecule has 1 N–H and O–H groups in total. The Balaban J connectivity index is 2.19. The average molecular weight is 299 g/mol. The minimum Gasteiger partial charge on any atom is -0.392 e. The van der Waals surface area contributed by atoms with E-state index in [9.17, 15) is 8.42 Å². The van der Waals surface area contributed by atoms with Gasteiger partial charge in [0.2, 0.25) is 0 Å². The van der Waals surface area contributed by atoms with Crippen molar-refractivity contribution in [3.63, 3.8) is 0 Å². The molecule has 112 valence electrons. The van der Waals surface area contributed by atoms with E-state index < -0.39 is 10.0 Å². The third kappa shape index (κ3) is 3.17. The van der Waals surface area contributed by atoms with Crippen LogP contribution in [0, 0.1) is 0 Å². The molecule has 7 heteroatoms. The zero-order valence-electron chi connectivity index (χ0n) is 11.9. The molecule has 6 nitrogen and oxygen atoms in total. The predicted molar refractivity (Wildman–Crippen MR) is 75.6 cm³/mol. The molecule has 1 aromatic heterocycles. The molecule has 0 amide bonds. The van der Waals surface area contributed by atoms with E-state index in [1.54, 1.807) is 13.1 Å². The van der Waals surface area contributed by atoms with Crippen LogP contribution in [0.1, 0.15) is 18.4 Å². The molecular formula is C13H21N3O3S. The second-order valence-corrected chi connectivity index (χ2v) is 7.19. The number of hydrogen-bond acceptors (Lipinski definition) is 5. The molecular weight excluding hydrogens is 278 g/mol. The quantitative estimate of drug-likeness (QED) is 0.865. The van der Waals surface area contributed by atoms with Crippen molar-refractivity contribution in [1.82, 2.24) is 14.2 Å². The summed E-state index contributed by atoms with van der Waals surface area (Å²) >= 11 is 0. The lowest BCUT2D eigenvalue weighted by atomic mass is 10.1. The third-order valence-electron chi connectivity index (χ3n) is 3.74. The highest BCUT2D eigenvalue weighted by atomic mass is 32.2. The summed E-state index contributed by atoms with van der Waals surface area (Å²) in [7, 11) is 0.0397. The topological polar surface area (TPSA) is 73.7 Å². The fraction of sp³-hybridized carbons (Fsp3) is 0.615. The number of aliphatic hydroxyl groups excluding tert-OH is 1. The maximum absolute atomic E-state index is 12.5. The monoisotopic (exact) mass is 299 g/mol. The van der Waals surface area contributed by atoms with E-state index in [-0.39, 0.29) is 17.7 Å². The van der Waals surface area contributed by atoms with Crippen LogP contribution in [0.25, 0.3) is 0 Å². The van der Waals surface area contributed by atoms with E-state index >= 15 is 0 Å². The standard InChI is InChI=1S/C13H21N3O3S/c1-15-7-3-4-12(9-15)16(2)20(18,19)13-6-5-11(10-17)8-14-13/h5-6,8,12,17H,3-4,7,9-10H2,1-2H3. The molecule has 0 radical (unpaired) electrons. The van der Waals surface area contributed by atoms with Gasteiger partial charge in [-0.25, -0.2) is 13.4 Å². The van der Waals surface area contributed by atoms with Crippen LogP contribution in [-0.4, -0.2) is 60.9 Å². The van der Waals surface area contributed by atoms with Gasteiger partial charge in [0, 0.05) is 25.8 Å². The molecule has 2 rings (SSSR count). The van der Waals surface area contributed by atoms with Gasteiger partial charge in [0.1, 0.15) is 0 Å². The Morgan fingerprint density at radius 3 is 2.80 bits per heavy atom. The van der Waals surface area contributed by atoms with Crippen LogP contribution in [0.2, 0.25) is 0 Å². The molecule has 0 aromatic carbocycles. The number of nitrogens with zero attached hydrogens (tertiary/aromatic N) is 3. The van der Waals surface area contributed by atoms with Gasteiger partial charge in [-0.15, -0.1) is 0 Å². The molecule has 1 fully saturated rings. The number of likely N-dealkylation sites (tertiary alicyclic amines) is 1. The molecule has 20 heavy (non-hydrogen) atoms. The van der Waals surface area contributed by atoms with Gasteiger partial charge in [-0.1, -0.05) is 6.07 Å². The Bertz CT molecular complexity index is 544. The van der Waals surface area contributed by atoms with Crippen molar-refractivity contribution >= 4 is 10.0 Å². The molecule has 2 heterocycles. The molecule has 0 spiro atoms. The van der Waals surface area contributed by atoms with E-state index in [1.807, 2.05) is 7.05 Å². The summed E-state index contributed by atoms with van der Waals surface area (Å²) in [4.78, 5) is 6.09. The second-order valence-electron chi connectivity index (χ2n) is 5.24. The van der Waals surface area contributed by atoms with Crippen LogP contribution in [0.3, 0.4) is 0 Å². The number of piperidine rings is 1. The summed E-state index contributed by atoms with van der Waals surface area (Å²) in [5.74, 6) is 0. The molecule has 1 saturated heterocycles. The molecule has 0 bridgehead atoms. The smallest absolute Gasteiger partial charge is 0.260 e. The first-order chi connectivity index (χ1) is 9.45. The van der Waals surface area contributed by atoms with E-state index in [1.165, 1.54) is 16.6 Å². The van der Waals surface area contributed by atoms with Crippen LogP contribution in [0.5, 0.6) is 0 Å². The first-order valence-corrected chi connectivity index (χ1v) is 8.11. The largest absolute Gasteiger partial charge is 0.392 e. The lowest BCUT2D eigenvalue weighted by Gasteiger charge is -2.34. The Morgan fingerprint density at radius 1 is 1.50 bits per heavy atom. The SMILES string of the molecule is CN1CCCC(N(C)S(=O)(=O)c2ccc(CO)cn2)C1. The third-order valence-corrected chi connectivity index (χ3v) is 5.56. The van der Waals surface area contributed by atoms with Gasteiger partial charge in [0.05, 0.1) is 6.61 Å². The van der Waals surface area contributed by atoms with E-state index in [2.05, 4.69) is 9.88 Å². The van der Waals surface area contributed by atoms with Crippen molar-refractivity contribution in [1.29, 1.82) is 0 Å². The molecule has 1 aromatic rings. The van der Waals surface area contributed by atoms with Crippen molar-refractivity contribution in [2.24, 2.45) is 0 Å². The van der Waals surface area contributed by atoms with Crippen LogP contribution in [-0.2, 0) is 16.6 Å². The van der Waals surface area contributed by atoms with Crippen LogP contribution >= 0.6 is 0 Å². The van der Waals surface area contributed by atoms with Crippen molar-refractivity contribution in [2.45, 2.75) is 30.5 Å². The van der Waals surface area contributed by atoms with Gasteiger partial charge >= 0.3 is 0 Å². The Hall–Kier alpha value is -1.02. The fourth-order valence-electron chi connectivity index (χ4n) is 2.44. The summed E-state index contributed by atoms with van der Waals surface area (Å²) in [5.41, 5.74) is 0.601. The Morgan fingerprint density at radius 2 is 2.25 bits per heavy atom. The van der Waals surface area contributed by atoms with Crippen LogP contribution in [0.15, 0.2) is 23.4 Å². The summed E-state index contributed by atoms with van der Waals surface area (Å²) < 4.78 is 26.5. The maximum atomic E-state index is 12.5. The van der Waals surface area contributed by atoms with Gasteiger partial charge in [-0.3, -0.25) is 0 Å². The van der Waals surface area contributed by atoms with Crippen LogP contribution < -0.4 is 0 Å². The number of hydrogen-bond donors (Lipinski definition) is 1. The number of aliphatic hydroxyl groups is 1. The van der Waals surface area contributed by atoms with Crippen LogP contribution in [0.4, 0.5) is 0 Å². The lowest BCUT2D eigenvalue weighted by molar-refractivity contribution is 0.187. The zero-order chi connectivity index (χ0) is 14.8. The number of rotatable bonds is 4. The highest BCUT2D eigenvalue weighted by molar-refractivity contribution is 7.89. The number of pyridine rings is 1. The normalized spacial score (nSPS) is 21.3. The lowest BCUT2D eigenvalue weighted by Crippen LogP contribution is -2.47. The number of sulfonamides is 1. The zero-order valence-corrected chi connectivity index (χ0v) is 12.7. The first kappa shape index (κ1) is 15.4. The van der Waals surface area contributed by atoms with E-state index in [0.29, 0.717) is 5.56 Å². The van der Waals surface area contributed by atoms with Gasteiger partial charge in [-0.2, -0.15) is 4.31 Å². The average Bonchev–Trinajstić information content (AvgIpc) is 2.46. The predicted octanol–water partition coefficient (Wildman–Crippen LogP) is 0.289. The van der Waals surface area contributed by atoms with Crippen molar-refractivity contribution in [3.8, 4) is 0 Å². The molecule has 1 aliphatic heterocycles. The number of aromatic nitrogens is 1. The van der Waals surface area contributed by atoms with Crippen molar-refractivity contribution in [3.05, 3.63) is 23.9 Å². The minimum atomic E-state index is -3.57. The molecule has 0 aliphatic carbocycles. The van der Waals surface area contributed by atoms with Gasteiger partial charge < -0.3 is 10.0 Å². The Labute approximate surface area is 120 Å². The van der Waals surface area contributed by atoms with Crippen molar-refractivity contribution < 1.29 is 13.5 Å². The van der Waals surface area contributed by atoms with Gasteiger partial charge in [0.15, 0.2) is 5.03 Å². The first-order valence-electron chi connectivity index (χ1n) is 6.67. The van der Waals surface area contributed by atoms with E-state index in [0.717, 1.165) is 25.9 Å². The fourth-order valence-corrected chi connectivity index (χ4v) is 3.72. The Kier molecular flexibility index (Phi) is 4.74. The van der Waals surface area contributed by atoms with Crippen molar-refractivity contribution in [2.75, 3.05) is 27.2 Å². The minimum absolute atomic E-state index is 0.0157. The summed E-state index contributed by atoms with van der Waals surface area (Å²) in [5, 5.41) is 9.00.